The van der Waals surface area contributed by atoms with Crippen molar-refractivity contribution in [3.8, 4) is 11.4 Å². The van der Waals surface area contributed by atoms with Crippen LogP contribution in [0.5, 0.6) is 0 Å². The predicted molar refractivity (Wildman–Crippen MR) is 124 cm³/mol. The number of pyridine rings is 1. The highest BCUT2D eigenvalue weighted by Gasteiger charge is 2.18. The molecule has 4 rings (SSSR count). The number of aromatic nitrogens is 4. The van der Waals surface area contributed by atoms with E-state index in [1.165, 1.54) is 22.9 Å². The Hall–Kier alpha value is -3.39. The monoisotopic (exact) mass is 447 g/mol. The van der Waals surface area contributed by atoms with Gasteiger partial charge in [0.2, 0.25) is 5.91 Å². The summed E-state index contributed by atoms with van der Waals surface area (Å²) in [6, 6.07) is 13.7. The maximum Gasteiger partial charge on any atom is 0.230 e. The van der Waals surface area contributed by atoms with Gasteiger partial charge in [0.1, 0.15) is 5.76 Å². The predicted octanol–water partition coefficient (Wildman–Crippen LogP) is 4.57. The van der Waals surface area contributed by atoms with Gasteiger partial charge in [-0.05, 0) is 61.7 Å². The standard InChI is InChI=1S/C24H25N5O2S/c1-16-8-9-19(12-17(16)2)18(3)26-22(30)15-32-24-28-27-23(20-6-4-10-25-13-20)29(24)14-21-7-5-11-31-21/h4-13,18H,14-15H2,1-3H3,(H,26,30). The van der Waals surface area contributed by atoms with E-state index < -0.39 is 0 Å². The van der Waals surface area contributed by atoms with E-state index in [1.807, 2.05) is 35.8 Å². The zero-order valence-electron chi connectivity index (χ0n) is 18.3. The smallest absolute Gasteiger partial charge is 0.230 e. The van der Waals surface area contributed by atoms with Crippen molar-refractivity contribution in [2.75, 3.05) is 5.75 Å². The fourth-order valence-electron chi connectivity index (χ4n) is 3.34. The van der Waals surface area contributed by atoms with E-state index in [-0.39, 0.29) is 17.7 Å². The van der Waals surface area contributed by atoms with E-state index in [4.69, 9.17) is 4.42 Å². The zero-order chi connectivity index (χ0) is 22.5. The minimum absolute atomic E-state index is 0.0591. The zero-order valence-corrected chi connectivity index (χ0v) is 19.1. The molecule has 8 heteroatoms. The number of carbonyl (C=O) groups excluding carboxylic acids is 1. The van der Waals surface area contributed by atoms with E-state index in [2.05, 4.69) is 52.5 Å². The Balaban J connectivity index is 1.47. The largest absolute Gasteiger partial charge is 0.467 e. The van der Waals surface area contributed by atoms with Crippen LogP contribution in [-0.4, -0.2) is 31.4 Å². The third-order valence-corrected chi connectivity index (χ3v) is 6.24. The lowest BCUT2D eigenvalue weighted by molar-refractivity contribution is -0.119. The normalized spacial score (nSPS) is 12.0. The number of carbonyl (C=O) groups is 1. The number of hydrogen-bond donors (Lipinski definition) is 1. The van der Waals surface area contributed by atoms with Gasteiger partial charge < -0.3 is 9.73 Å². The number of amides is 1. The molecule has 1 amide bonds. The maximum atomic E-state index is 12.6. The van der Waals surface area contributed by atoms with E-state index in [9.17, 15) is 4.79 Å². The molecule has 0 spiro atoms. The summed E-state index contributed by atoms with van der Waals surface area (Å²) in [4.78, 5) is 16.8. The number of thioether (sulfide) groups is 1. The summed E-state index contributed by atoms with van der Waals surface area (Å²) in [7, 11) is 0. The van der Waals surface area contributed by atoms with Crippen LogP contribution in [-0.2, 0) is 11.3 Å². The van der Waals surface area contributed by atoms with Gasteiger partial charge in [0, 0.05) is 18.0 Å². The Kier molecular flexibility index (Phi) is 6.70. The lowest BCUT2D eigenvalue weighted by Crippen LogP contribution is -2.28. The molecule has 4 aromatic rings. The first kappa shape index (κ1) is 21.8. The number of nitrogens with one attached hydrogen (secondary N) is 1. The highest BCUT2D eigenvalue weighted by molar-refractivity contribution is 7.99. The molecule has 1 aromatic carbocycles. The first-order valence-corrected chi connectivity index (χ1v) is 11.3. The van der Waals surface area contributed by atoms with Crippen LogP contribution in [0.1, 0.15) is 35.4 Å². The maximum absolute atomic E-state index is 12.6. The van der Waals surface area contributed by atoms with Gasteiger partial charge in [-0.3, -0.25) is 14.3 Å². The van der Waals surface area contributed by atoms with E-state index in [0.717, 1.165) is 16.9 Å². The van der Waals surface area contributed by atoms with Crippen molar-refractivity contribution < 1.29 is 9.21 Å². The summed E-state index contributed by atoms with van der Waals surface area (Å²) >= 11 is 1.35. The van der Waals surface area contributed by atoms with Crippen LogP contribution in [0.15, 0.2) is 70.7 Å². The molecule has 1 N–H and O–H groups in total. The third kappa shape index (κ3) is 5.08. The Labute approximate surface area is 191 Å². The van der Waals surface area contributed by atoms with Crippen molar-refractivity contribution in [3.63, 3.8) is 0 Å². The summed E-state index contributed by atoms with van der Waals surface area (Å²) < 4.78 is 7.46. The number of furan rings is 1. The van der Waals surface area contributed by atoms with Crippen molar-refractivity contribution in [1.82, 2.24) is 25.1 Å². The molecule has 0 saturated heterocycles. The number of rotatable bonds is 8. The van der Waals surface area contributed by atoms with Crippen LogP contribution >= 0.6 is 11.8 Å². The molecule has 0 bridgehead atoms. The van der Waals surface area contributed by atoms with Gasteiger partial charge in [-0.1, -0.05) is 30.0 Å². The second-order valence-corrected chi connectivity index (χ2v) is 8.58. The van der Waals surface area contributed by atoms with Gasteiger partial charge in [-0.25, -0.2) is 0 Å². The van der Waals surface area contributed by atoms with Gasteiger partial charge in [0.05, 0.1) is 24.6 Å². The highest BCUT2D eigenvalue weighted by atomic mass is 32.2. The molecule has 0 fully saturated rings. The Morgan fingerprint density at radius 2 is 2.03 bits per heavy atom. The fraction of sp³-hybridized carbons (Fsp3) is 0.250. The first-order chi connectivity index (χ1) is 15.5. The van der Waals surface area contributed by atoms with Gasteiger partial charge in [0.15, 0.2) is 11.0 Å². The molecule has 1 atom stereocenters. The quantitative estimate of drug-likeness (QED) is 0.398. The first-order valence-electron chi connectivity index (χ1n) is 10.4. The van der Waals surface area contributed by atoms with Crippen LogP contribution < -0.4 is 5.32 Å². The molecule has 3 aromatic heterocycles. The number of nitrogens with zero attached hydrogens (tertiary/aromatic N) is 4. The van der Waals surface area contributed by atoms with Crippen LogP contribution in [0.2, 0.25) is 0 Å². The molecule has 7 nitrogen and oxygen atoms in total. The lowest BCUT2D eigenvalue weighted by atomic mass is 10.0. The summed E-state index contributed by atoms with van der Waals surface area (Å²) in [5, 5.41) is 12.4. The Morgan fingerprint density at radius 1 is 1.16 bits per heavy atom. The Bertz CT molecular complexity index is 1190. The molecule has 0 aliphatic rings. The van der Waals surface area contributed by atoms with Crippen LogP contribution in [0, 0.1) is 13.8 Å². The number of aryl methyl sites for hydroxylation is 2. The molecule has 1 unspecified atom stereocenters. The minimum Gasteiger partial charge on any atom is -0.467 e. The average molecular weight is 448 g/mol. The van der Waals surface area contributed by atoms with Crippen molar-refractivity contribution in [1.29, 1.82) is 0 Å². The second-order valence-electron chi connectivity index (χ2n) is 7.63. The fourth-order valence-corrected chi connectivity index (χ4v) is 4.08. The van der Waals surface area contributed by atoms with E-state index >= 15 is 0 Å². The van der Waals surface area contributed by atoms with Gasteiger partial charge in [0.25, 0.3) is 0 Å². The van der Waals surface area contributed by atoms with Gasteiger partial charge in [-0.2, -0.15) is 0 Å². The summed E-state index contributed by atoms with van der Waals surface area (Å²) in [6.45, 7) is 6.62. The van der Waals surface area contributed by atoms with Crippen LogP contribution in [0.3, 0.4) is 0 Å². The SMILES string of the molecule is Cc1ccc(C(C)NC(=O)CSc2nnc(-c3cccnc3)n2Cc2ccco2)cc1C. The molecule has 0 aliphatic carbocycles. The molecule has 0 aliphatic heterocycles. The highest BCUT2D eigenvalue weighted by Crippen LogP contribution is 2.25. The molecule has 0 saturated carbocycles. The van der Waals surface area contributed by atoms with Crippen molar-refractivity contribution >= 4 is 17.7 Å². The minimum atomic E-state index is -0.0747. The van der Waals surface area contributed by atoms with Crippen molar-refractivity contribution in [2.45, 2.75) is 38.5 Å². The molecule has 0 radical (unpaired) electrons. The van der Waals surface area contributed by atoms with Gasteiger partial charge >= 0.3 is 0 Å². The van der Waals surface area contributed by atoms with Crippen molar-refractivity contribution in [3.05, 3.63) is 83.6 Å². The average Bonchev–Trinajstić information content (AvgIpc) is 3.45. The van der Waals surface area contributed by atoms with E-state index in [0.29, 0.717) is 17.5 Å². The topological polar surface area (TPSA) is 85.8 Å². The van der Waals surface area contributed by atoms with E-state index in [1.54, 1.807) is 18.7 Å². The molecular weight excluding hydrogens is 422 g/mol. The third-order valence-electron chi connectivity index (χ3n) is 5.27. The molecule has 32 heavy (non-hydrogen) atoms. The molecule has 164 valence electrons. The number of benzene rings is 1. The summed E-state index contributed by atoms with van der Waals surface area (Å²) in [6.07, 6.45) is 5.10. The van der Waals surface area contributed by atoms with Crippen LogP contribution in [0.25, 0.3) is 11.4 Å². The van der Waals surface area contributed by atoms with Crippen molar-refractivity contribution in [2.24, 2.45) is 0 Å². The van der Waals surface area contributed by atoms with Gasteiger partial charge in [-0.15, -0.1) is 10.2 Å². The summed E-state index contributed by atoms with van der Waals surface area (Å²) in [5.41, 5.74) is 4.40. The Morgan fingerprint density at radius 3 is 2.75 bits per heavy atom. The molecule has 3 heterocycles. The summed E-state index contributed by atoms with van der Waals surface area (Å²) in [5.74, 6) is 1.64. The lowest BCUT2D eigenvalue weighted by Gasteiger charge is -2.15. The number of hydrogen-bond acceptors (Lipinski definition) is 6. The second kappa shape index (κ2) is 9.82. The molecular formula is C24H25N5O2S. The van der Waals surface area contributed by atoms with Crippen LogP contribution in [0.4, 0.5) is 0 Å².